The van der Waals surface area contributed by atoms with E-state index in [-0.39, 0.29) is 28.6 Å². The van der Waals surface area contributed by atoms with E-state index in [1.54, 1.807) is 30.3 Å². The predicted molar refractivity (Wildman–Crippen MR) is 117 cm³/mol. The summed E-state index contributed by atoms with van der Waals surface area (Å²) in [4.78, 5) is 15.8. The van der Waals surface area contributed by atoms with E-state index < -0.39 is 10.0 Å². The highest BCUT2D eigenvalue weighted by molar-refractivity contribution is 7.99. The maximum Gasteiger partial charge on any atom is 0.285 e. The lowest BCUT2D eigenvalue weighted by atomic mass is 9.95. The van der Waals surface area contributed by atoms with Gasteiger partial charge in [-0.2, -0.15) is 8.42 Å². The molecule has 1 fully saturated rings. The van der Waals surface area contributed by atoms with Gasteiger partial charge in [0.2, 0.25) is 5.91 Å². The van der Waals surface area contributed by atoms with Gasteiger partial charge in [-0.3, -0.25) is 4.79 Å². The maximum absolute atomic E-state index is 14.1. The molecular formula is C22H22FN3O3S2. The lowest BCUT2D eigenvalue weighted by Crippen LogP contribution is -2.46. The van der Waals surface area contributed by atoms with Crippen LogP contribution in [0.4, 0.5) is 4.39 Å². The highest BCUT2D eigenvalue weighted by Gasteiger charge is 2.36. The van der Waals surface area contributed by atoms with Gasteiger partial charge in [-0.15, -0.1) is 16.2 Å². The van der Waals surface area contributed by atoms with Gasteiger partial charge in [0.15, 0.2) is 5.84 Å². The first kappa shape index (κ1) is 20.5. The first-order valence-electron chi connectivity index (χ1n) is 10.3. The van der Waals surface area contributed by atoms with Crippen molar-refractivity contribution < 1.29 is 17.6 Å². The van der Waals surface area contributed by atoms with Crippen LogP contribution in [0.3, 0.4) is 0 Å². The third kappa shape index (κ3) is 3.74. The van der Waals surface area contributed by atoms with E-state index in [1.165, 1.54) is 17.8 Å². The highest BCUT2D eigenvalue weighted by Crippen LogP contribution is 2.38. The van der Waals surface area contributed by atoms with E-state index in [1.807, 2.05) is 11.0 Å². The van der Waals surface area contributed by atoms with Crippen molar-refractivity contribution in [1.82, 2.24) is 10.2 Å². The Bertz CT molecular complexity index is 1180. The first-order valence-corrected chi connectivity index (χ1v) is 12.8. The van der Waals surface area contributed by atoms with Crippen LogP contribution in [-0.4, -0.2) is 43.9 Å². The smallest absolute Gasteiger partial charge is 0.285 e. The largest absolute Gasteiger partial charge is 0.355 e. The fourth-order valence-electron chi connectivity index (χ4n) is 4.53. The minimum absolute atomic E-state index is 0.0773. The van der Waals surface area contributed by atoms with Crippen molar-refractivity contribution in [3.63, 3.8) is 0 Å². The van der Waals surface area contributed by atoms with E-state index >= 15 is 0 Å². The summed E-state index contributed by atoms with van der Waals surface area (Å²) in [5, 5.41) is 3.11. The second-order valence-corrected chi connectivity index (χ2v) is 10.7. The van der Waals surface area contributed by atoms with Crippen molar-refractivity contribution in [2.75, 3.05) is 18.8 Å². The van der Waals surface area contributed by atoms with E-state index in [0.29, 0.717) is 29.4 Å². The number of carbonyl (C=O) groups excluding carboxylic acids is 1. The number of carbonyl (C=O) groups is 1. The molecule has 3 aliphatic rings. The summed E-state index contributed by atoms with van der Waals surface area (Å²) >= 11 is 1.49. The summed E-state index contributed by atoms with van der Waals surface area (Å²) in [6, 6.07) is 11.6. The first-order chi connectivity index (χ1) is 14.9. The van der Waals surface area contributed by atoms with Crippen LogP contribution in [0.15, 0.2) is 56.7 Å². The second kappa shape index (κ2) is 7.94. The predicted octanol–water partition coefficient (Wildman–Crippen LogP) is 3.34. The standard InChI is InChI=1S/C22H22FN3O3S2/c23-17-8-3-7-15-18(10-12-30-20(15)17)24-22(27)14-5-4-11-26(13-14)21-16-6-1-2-9-19(16)31(28,29)25-21/h1-3,6-9,14,18H,4-5,10-13H2,(H,24,27)/t14-,18+/m0/s1. The summed E-state index contributed by atoms with van der Waals surface area (Å²) in [5.41, 5.74) is 1.43. The molecule has 0 aliphatic carbocycles. The third-order valence-corrected chi connectivity index (χ3v) is 8.53. The van der Waals surface area contributed by atoms with Crippen molar-refractivity contribution >= 4 is 33.5 Å². The summed E-state index contributed by atoms with van der Waals surface area (Å²) in [5.74, 6) is 0.574. The van der Waals surface area contributed by atoms with E-state index in [4.69, 9.17) is 0 Å². The molecule has 0 spiro atoms. The number of amides is 1. The molecule has 2 atom stereocenters. The molecule has 6 nitrogen and oxygen atoms in total. The summed E-state index contributed by atoms with van der Waals surface area (Å²) in [7, 11) is -3.69. The van der Waals surface area contributed by atoms with Crippen LogP contribution in [0, 0.1) is 11.7 Å². The SMILES string of the molecule is O=C(N[C@@H]1CCSc2c(F)cccc21)[C@H]1CCCN(C2=NS(=O)(=O)c3ccccc32)C1. The molecule has 31 heavy (non-hydrogen) atoms. The molecule has 3 heterocycles. The Balaban J connectivity index is 1.33. The van der Waals surface area contributed by atoms with Gasteiger partial charge in [0.25, 0.3) is 10.0 Å². The van der Waals surface area contributed by atoms with Crippen LogP contribution in [0.1, 0.15) is 36.4 Å². The van der Waals surface area contributed by atoms with Gasteiger partial charge in [0.1, 0.15) is 10.7 Å². The summed E-state index contributed by atoms with van der Waals surface area (Å²) in [6.45, 7) is 1.06. The molecule has 0 radical (unpaired) electrons. The number of nitrogens with one attached hydrogen (secondary N) is 1. The number of hydrogen-bond acceptors (Lipinski definition) is 5. The zero-order valence-corrected chi connectivity index (χ0v) is 18.4. The average molecular weight is 460 g/mol. The number of sulfonamides is 1. The zero-order chi connectivity index (χ0) is 21.6. The van der Waals surface area contributed by atoms with Gasteiger partial charge >= 0.3 is 0 Å². The Morgan fingerprint density at radius 1 is 1.16 bits per heavy atom. The molecule has 9 heteroatoms. The van der Waals surface area contributed by atoms with Gasteiger partial charge < -0.3 is 10.2 Å². The lowest BCUT2D eigenvalue weighted by Gasteiger charge is -2.35. The Kier molecular flexibility index (Phi) is 5.26. The molecule has 1 saturated heterocycles. The van der Waals surface area contributed by atoms with Gasteiger partial charge in [-0.05, 0) is 43.0 Å². The minimum atomic E-state index is -3.69. The number of likely N-dealkylation sites (tertiary alicyclic amines) is 1. The molecule has 0 bridgehead atoms. The number of benzene rings is 2. The number of thioether (sulfide) groups is 1. The van der Waals surface area contributed by atoms with Crippen LogP contribution in [-0.2, 0) is 14.8 Å². The van der Waals surface area contributed by atoms with Crippen molar-refractivity contribution in [1.29, 1.82) is 0 Å². The molecule has 1 N–H and O–H groups in total. The van der Waals surface area contributed by atoms with Gasteiger partial charge in [0, 0.05) is 29.3 Å². The van der Waals surface area contributed by atoms with Crippen molar-refractivity contribution in [3.8, 4) is 0 Å². The number of amidine groups is 1. The third-order valence-electron chi connectivity index (χ3n) is 6.05. The quantitative estimate of drug-likeness (QED) is 0.745. The monoisotopic (exact) mass is 459 g/mol. The highest BCUT2D eigenvalue weighted by atomic mass is 32.2. The second-order valence-electron chi connectivity index (χ2n) is 8.03. The molecule has 1 amide bonds. The van der Waals surface area contributed by atoms with Gasteiger partial charge in [-0.1, -0.05) is 24.3 Å². The fourth-order valence-corrected chi connectivity index (χ4v) is 6.89. The molecule has 2 aromatic carbocycles. The summed E-state index contributed by atoms with van der Waals surface area (Å²) in [6.07, 6.45) is 2.24. The van der Waals surface area contributed by atoms with Gasteiger partial charge in [0.05, 0.1) is 12.0 Å². The number of fused-ring (bicyclic) bond motifs is 2. The molecule has 2 aromatic rings. The van der Waals surface area contributed by atoms with Crippen LogP contribution >= 0.6 is 11.8 Å². The van der Waals surface area contributed by atoms with Crippen molar-refractivity contribution in [2.45, 2.75) is 35.1 Å². The normalized spacial score (nSPS) is 24.2. The van der Waals surface area contributed by atoms with Crippen LogP contribution in [0.5, 0.6) is 0 Å². The molecule has 162 valence electrons. The Morgan fingerprint density at radius 2 is 2.00 bits per heavy atom. The zero-order valence-electron chi connectivity index (χ0n) is 16.8. The molecular weight excluding hydrogens is 437 g/mol. The van der Waals surface area contributed by atoms with Crippen molar-refractivity contribution in [3.05, 3.63) is 59.4 Å². The van der Waals surface area contributed by atoms with Crippen molar-refractivity contribution in [2.24, 2.45) is 10.3 Å². The van der Waals surface area contributed by atoms with Crippen LogP contribution in [0.2, 0.25) is 0 Å². The van der Waals surface area contributed by atoms with Crippen LogP contribution < -0.4 is 5.32 Å². The number of rotatable bonds is 2. The van der Waals surface area contributed by atoms with Gasteiger partial charge in [-0.25, -0.2) is 4.39 Å². The minimum Gasteiger partial charge on any atom is -0.355 e. The number of piperidine rings is 1. The summed E-state index contributed by atoms with van der Waals surface area (Å²) < 4.78 is 42.9. The lowest BCUT2D eigenvalue weighted by molar-refractivity contribution is -0.127. The average Bonchev–Trinajstić information content (AvgIpc) is 3.06. The molecule has 0 unspecified atom stereocenters. The Hall–Kier alpha value is -2.39. The molecule has 0 saturated carbocycles. The fraction of sp³-hybridized carbons (Fsp3) is 0.364. The molecule has 0 aromatic heterocycles. The Labute approximate surface area is 185 Å². The van der Waals surface area contributed by atoms with E-state index in [9.17, 15) is 17.6 Å². The molecule has 3 aliphatic heterocycles. The molecule has 5 rings (SSSR count). The Morgan fingerprint density at radius 3 is 2.87 bits per heavy atom. The number of nitrogens with zero attached hydrogens (tertiary/aromatic N) is 2. The topological polar surface area (TPSA) is 78.8 Å². The van der Waals surface area contributed by atoms with E-state index in [0.717, 1.165) is 30.6 Å². The number of halogens is 1. The number of hydrogen-bond donors (Lipinski definition) is 1. The van der Waals surface area contributed by atoms with Crippen LogP contribution in [0.25, 0.3) is 0 Å². The van der Waals surface area contributed by atoms with E-state index in [2.05, 4.69) is 9.71 Å². The maximum atomic E-state index is 14.1.